The van der Waals surface area contributed by atoms with Gasteiger partial charge in [0, 0.05) is 56.9 Å². The summed E-state index contributed by atoms with van der Waals surface area (Å²) < 4.78 is 44.8. The van der Waals surface area contributed by atoms with Crippen LogP contribution >= 0.6 is 0 Å². The molecule has 4 aliphatic rings. The highest BCUT2D eigenvalue weighted by Crippen LogP contribution is 2.47. The molecular formula is C39H69NO13. The predicted octanol–water partition coefficient (Wildman–Crippen LogP) is 2.64. The van der Waals surface area contributed by atoms with Gasteiger partial charge < -0.3 is 58.7 Å². The average Bonchev–Trinajstić information content (AvgIpc) is 3.41. The van der Waals surface area contributed by atoms with E-state index in [1.165, 1.54) is 14.0 Å². The molecule has 0 amide bonds. The molecule has 0 aromatic rings. The van der Waals surface area contributed by atoms with Gasteiger partial charge in [-0.1, -0.05) is 13.8 Å². The van der Waals surface area contributed by atoms with Gasteiger partial charge in [0.05, 0.1) is 35.9 Å². The van der Waals surface area contributed by atoms with Gasteiger partial charge in [0.1, 0.15) is 41.4 Å². The molecule has 14 nitrogen and oxygen atoms in total. The summed E-state index contributed by atoms with van der Waals surface area (Å²) >= 11 is 0. The molecule has 0 unspecified atom stereocenters. The van der Waals surface area contributed by atoms with Crippen molar-refractivity contribution in [3.8, 4) is 0 Å². The standard InChI is InChI=1S/C39H69NO13/c1-19(2)40(12)26-16-21(4)48-36(29(26)42)52-34-23(6)31(51-28-18-37(9,47-13)33(44)25(8)49-28)24(7)35(45)50-27(14-15-41)39(11,46)32(43)22(5)30-20(3)17-38(34,10)53-30/h19,21-29,31-34,36,41-44,46H,14-18H2,1-13H3/t21-,22-,23+,24-,25+,26+,27+,28+,29-,31+,32-,33+,34-,36+,37-,38-,39-/m1/s1. The Labute approximate surface area is 316 Å². The Balaban J connectivity index is 1.85. The second-order valence-electron chi connectivity index (χ2n) is 17.2. The Kier molecular flexibility index (Phi) is 14.2. The van der Waals surface area contributed by atoms with Gasteiger partial charge in [-0.25, -0.2) is 0 Å². The normalized spacial score (nSPS) is 47.5. The van der Waals surface area contributed by atoms with Gasteiger partial charge in [-0.3, -0.25) is 9.69 Å². The van der Waals surface area contributed by atoms with Gasteiger partial charge in [-0.2, -0.15) is 0 Å². The van der Waals surface area contributed by atoms with Crippen LogP contribution in [-0.2, 0) is 38.0 Å². The first kappa shape index (κ1) is 44.3. The van der Waals surface area contributed by atoms with Crippen molar-refractivity contribution in [1.82, 2.24) is 4.90 Å². The lowest BCUT2D eigenvalue weighted by Crippen LogP contribution is -2.61. The Hall–Kier alpha value is -1.43. The number of nitrogens with zero attached hydrogens (tertiary/aromatic N) is 1. The van der Waals surface area contributed by atoms with Crippen molar-refractivity contribution in [3.63, 3.8) is 0 Å². The number of aliphatic hydroxyl groups excluding tert-OH is 4. The van der Waals surface area contributed by atoms with Crippen LogP contribution in [0.2, 0.25) is 0 Å². The zero-order valence-electron chi connectivity index (χ0n) is 34.1. The third-order valence-corrected chi connectivity index (χ3v) is 12.6. The zero-order valence-corrected chi connectivity index (χ0v) is 34.1. The van der Waals surface area contributed by atoms with Gasteiger partial charge in [-0.15, -0.1) is 0 Å². The maximum Gasteiger partial charge on any atom is 0.311 e. The Morgan fingerprint density at radius 2 is 1.62 bits per heavy atom. The average molecular weight is 760 g/mol. The maximum atomic E-state index is 14.2. The third-order valence-electron chi connectivity index (χ3n) is 12.6. The summed E-state index contributed by atoms with van der Waals surface area (Å²) in [7, 11) is 3.48. The number of ether oxygens (including phenoxy) is 7. The minimum absolute atomic E-state index is 0.132. The summed E-state index contributed by atoms with van der Waals surface area (Å²) in [5.41, 5.74) is -3.29. The van der Waals surface area contributed by atoms with Crippen LogP contribution in [0.15, 0.2) is 11.3 Å². The van der Waals surface area contributed by atoms with E-state index in [1.54, 1.807) is 27.7 Å². The van der Waals surface area contributed by atoms with E-state index in [1.807, 2.05) is 34.7 Å². The van der Waals surface area contributed by atoms with E-state index in [-0.39, 0.29) is 31.0 Å². The van der Waals surface area contributed by atoms with Crippen molar-refractivity contribution in [2.24, 2.45) is 17.8 Å². The molecular weight excluding hydrogens is 690 g/mol. The Morgan fingerprint density at radius 1 is 0.981 bits per heavy atom. The van der Waals surface area contributed by atoms with Crippen molar-refractivity contribution >= 4 is 5.97 Å². The van der Waals surface area contributed by atoms with Crippen LogP contribution < -0.4 is 0 Å². The molecule has 0 aromatic heterocycles. The molecule has 2 bridgehead atoms. The van der Waals surface area contributed by atoms with Crippen LogP contribution in [0.5, 0.6) is 0 Å². The van der Waals surface area contributed by atoms with Gasteiger partial charge >= 0.3 is 5.97 Å². The van der Waals surface area contributed by atoms with Crippen molar-refractivity contribution < 1.29 is 63.5 Å². The van der Waals surface area contributed by atoms with Crippen molar-refractivity contribution in [2.45, 2.75) is 192 Å². The number of carbonyl (C=O) groups excluding carboxylic acids is 1. The number of carbonyl (C=O) groups is 1. The van der Waals surface area contributed by atoms with Gasteiger partial charge in [0.2, 0.25) is 0 Å². The van der Waals surface area contributed by atoms with E-state index in [2.05, 4.69) is 18.7 Å². The highest BCUT2D eigenvalue weighted by atomic mass is 16.7. The topological polar surface area (TPSA) is 186 Å². The third kappa shape index (κ3) is 8.93. The minimum atomic E-state index is -1.98. The van der Waals surface area contributed by atoms with Gasteiger partial charge in [0.25, 0.3) is 0 Å². The van der Waals surface area contributed by atoms with E-state index in [9.17, 15) is 30.3 Å². The predicted molar refractivity (Wildman–Crippen MR) is 194 cm³/mol. The number of hydrogen-bond donors (Lipinski definition) is 5. The molecule has 5 N–H and O–H groups in total. The quantitative estimate of drug-likeness (QED) is 0.216. The van der Waals surface area contributed by atoms with Crippen LogP contribution in [0.25, 0.3) is 0 Å². The van der Waals surface area contributed by atoms with E-state index in [0.717, 1.165) is 5.57 Å². The fourth-order valence-corrected chi connectivity index (χ4v) is 8.97. The molecule has 4 aliphatic heterocycles. The van der Waals surface area contributed by atoms with Crippen molar-refractivity contribution in [2.75, 3.05) is 20.8 Å². The second-order valence-corrected chi connectivity index (χ2v) is 17.2. The second kappa shape index (κ2) is 17.0. The van der Waals surface area contributed by atoms with Gasteiger partial charge in [-0.05, 0) is 81.4 Å². The number of aliphatic hydroxyl groups is 5. The molecule has 0 aromatic carbocycles. The monoisotopic (exact) mass is 759 g/mol. The van der Waals surface area contributed by atoms with Gasteiger partial charge in [0.15, 0.2) is 12.6 Å². The summed E-state index contributed by atoms with van der Waals surface area (Å²) in [6.45, 7) is 19.6. The first-order chi connectivity index (χ1) is 24.5. The minimum Gasteiger partial charge on any atom is -0.489 e. The first-order valence-corrected chi connectivity index (χ1v) is 19.4. The number of esters is 1. The molecule has 14 heteroatoms. The highest BCUT2D eigenvalue weighted by Gasteiger charge is 2.56. The largest absolute Gasteiger partial charge is 0.489 e. The molecule has 53 heavy (non-hydrogen) atoms. The summed E-state index contributed by atoms with van der Waals surface area (Å²) in [6.07, 6.45) is -8.53. The Bertz CT molecular complexity index is 1280. The molecule has 4 heterocycles. The number of methoxy groups -OCH3 is 1. The zero-order chi connectivity index (χ0) is 40.0. The van der Waals surface area contributed by atoms with E-state index >= 15 is 0 Å². The lowest BCUT2D eigenvalue weighted by Gasteiger charge is -2.49. The lowest BCUT2D eigenvalue weighted by atomic mass is 9.78. The summed E-state index contributed by atoms with van der Waals surface area (Å²) in [4.78, 5) is 16.3. The fourth-order valence-electron chi connectivity index (χ4n) is 8.97. The van der Waals surface area contributed by atoms with Crippen molar-refractivity contribution in [1.29, 1.82) is 0 Å². The van der Waals surface area contributed by atoms with Crippen LogP contribution in [-0.4, -0.2) is 147 Å². The molecule has 3 fully saturated rings. The van der Waals surface area contributed by atoms with Crippen LogP contribution in [0, 0.1) is 17.8 Å². The fraction of sp³-hybridized carbons (Fsp3) is 0.923. The van der Waals surface area contributed by atoms with E-state index < -0.39 is 102 Å². The summed E-state index contributed by atoms with van der Waals surface area (Å²) in [6, 6.07) is -0.118. The number of cyclic esters (lactones) is 1. The van der Waals surface area contributed by atoms with Crippen LogP contribution in [0.4, 0.5) is 0 Å². The summed E-state index contributed by atoms with van der Waals surface area (Å²) in [5.74, 6) is -2.70. The van der Waals surface area contributed by atoms with Crippen LogP contribution in [0.1, 0.15) is 102 Å². The first-order valence-electron chi connectivity index (χ1n) is 19.4. The number of rotatable bonds is 9. The van der Waals surface area contributed by atoms with Crippen LogP contribution in [0.3, 0.4) is 0 Å². The molecule has 17 atom stereocenters. The summed E-state index contributed by atoms with van der Waals surface area (Å²) in [5, 5.41) is 56.2. The molecule has 0 radical (unpaired) electrons. The molecule has 3 saturated heterocycles. The number of hydrogen-bond acceptors (Lipinski definition) is 14. The smallest absolute Gasteiger partial charge is 0.311 e. The van der Waals surface area contributed by atoms with E-state index in [0.29, 0.717) is 18.6 Å². The highest BCUT2D eigenvalue weighted by molar-refractivity contribution is 5.73. The molecule has 0 saturated carbocycles. The Morgan fingerprint density at radius 3 is 2.21 bits per heavy atom. The van der Waals surface area contributed by atoms with Crippen molar-refractivity contribution in [3.05, 3.63) is 11.3 Å². The number of likely N-dealkylation sites (N-methyl/N-ethyl adjacent to an activating group) is 1. The lowest BCUT2D eigenvalue weighted by molar-refractivity contribution is -0.317. The molecule has 0 aliphatic carbocycles. The molecule has 4 rings (SSSR count). The molecule has 308 valence electrons. The van der Waals surface area contributed by atoms with E-state index in [4.69, 9.17) is 33.2 Å². The number of fused-ring (bicyclic) bond motifs is 2. The SMILES string of the molecule is CO[C@]1(C)C[C@H](O[C@H]2[C@H](C)[C@@H](O[C@@H]3O[C@H](C)C[C@H](N(C)C(C)C)[C@H]3O)[C@@]3(C)CC(C)=C(O3)[C@@H](C)[C@@H](O)[C@](C)(O)[C@H](CCO)OC(=O)[C@@H]2C)O[C@@H](C)[C@@H]1O. The maximum absolute atomic E-state index is 14.2. The molecule has 0 spiro atoms.